The predicted octanol–water partition coefficient (Wildman–Crippen LogP) is 2.24. The first-order valence-electron chi connectivity index (χ1n) is 5.41. The number of unbranched alkanes of at least 4 members (excludes halogenated alkanes) is 1. The number of benzene rings is 1. The number of hydrogen-bond acceptors (Lipinski definition) is 3. The van der Waals surface area contributed by atoms with Crippen molar-refractivity contribution in [1.82, 2.24) is 0 Å². The smallest absolute Gasteiger partial charge is 0.232 e. The van der Waals surface area contributed by atoms with Gasteiger partial charge < -0.3 is 5.73 Å². The monoisotopic (exact) mass is 320 g/mol. The van der Waals surface area contributed by atoms with Crippen molar-refractivity contribution in [3.05, 3.63) is 28.2 Å². The van der Waals surface area contributed by atoms with Gasteiger partial charge in [-0.1, -0.05) is 22.0 Å². The van der Waals surface area contributed by atoms with E-state index in [1.807, 2.05) is 13.0 Å². The molecule has 0 amide bonds. The number of sulfonamides is 1. The third-order valence-corrected chi connectivity index (χ3v) is 4.54. The number of halogens is 1. The summed E-state index contributed by atoms with van der Waals surface area (Å²) < 4.78 is 26.8. The van der Waals surface area contributed by atoms with Gasteiger partial charge >= 0.3 is 0 Å². The fourth-order valence-corrected chi connectivity index (χ4v) is 2.87. The molecule has 0 aromatic heterocycles. The highest BCUT2D eigenvalue weighted by molar-refractivity contribution is 9.10. The summed E-state index contributed by atoms with van der Waals surface area (Å²) in [5.74, 6) is 0.107. The minimum atomic E-state index is -3.26. The Morgan fingerprint density at radius 1 is 1.35 bits per heavy atom. The van der Waals surface area contributed by atoms with Gasteiger partial charge in [-0.3, -0.25) is 4.72 Å². The SMILES string of the molecule is Cc1ccc(NS(=O)(=O)CCCCN)cc1Br. The van der Waals surface area contributed by atoms with Crippen molar-refractivity contribution < 1.29 is 8.42 Å². The number of rotatable bonds is 6. The van der Waals surface area contributed by atoms with E-state index in [2.05, 4.69) is 20.7 Å². The van der Waals surface area contributed by atoms with E-state index in [1.165, 1.54) is 0 Å². The van der Waals surface area contributed by atoms with E-state index in [0.717, 1.165) is 16.5 Å². The molecule has 0 unspecified atom stereocenters. The van der Waals surface area contributed by atoms with Crippen LogP contribution < -0.4 is 10.5 Å². The minimum Gasteiger partial charge on any atom is -0.330 e. The summed E-state index contributed by atoms with van der Waals surface area (Å²) >= 11 is 3.37. The number of nitrogens with two attached hydrogens (primary N) is 1. The number of aryl methyl sites for hydroxylation is 1. The van der Waals surface area contributed by atoms with Crippen LogP contribution in [-0.4, -0.2) is 20.7 Å². The molecule has 17 heavy (non-hydrogen) atoms. The van der Waals surface area contributed by atoms with Crippen LogP contribution in [0.1, 0.15) is 18.4 Å². The van der Waals surface area contributed by atoms with E-state index >= 15 is 0 Å². The molecule has 0 aliphatic carbocycles. The Balaban J connectivity index is 2.66. The number of anilines is 1. The average Bonchev–Trinajstić information content (AvgIpc) is 2.23. The van der Waals surface area contributed by atoms with Gasteiger partial charge in [-0.2, -0.15) is 0 Å². The van der Waals surface area contributed by atoms with E-state index in [0.29, 0.717) is 18.7 Å². The molecule has 4 nitrogen and oxygen atoms in total. The molecular formula is C11H17BrN2O2S. The molecule has 0 saturated heterocycles. The predicted molar refractivity (Wildman–Crippen MR) is 74.6 cm³/mol. The van der Waals surface area contributed by atoms with Crippen LogP contribution in [0.4, 0.5) is 5.69 Å². The topological polar surface area (TPSA) is 72.2 Å². The zero-order valence-corrected chi connectivity index (χ0v) is 12.1. The van der Waals surface area contributed by atoms with Gasteiger partial charge in [0, 0.05) is 10.2 Å². The number of hydrogen-bond donors (Lipinski definition) is 2. The standard InChI is InChI=1S/C11H17BrN2O2S/c1-9-4-5-10(8-11(9)12)14-17(15,16)7-3-2-6-13/h4-5,8,14H,2-3,6-7,13H2,1H3. The fraction of sp³-hybridized carbons (Fsp3) is 0.455. The van der Waals surface area contributed by atoms with Crippen LogP contribution in [0.5, 0.6) is 0 Å². The summed E-state index contributed by atoms with van der Waals surface area (Å²) in [5.41, 5.74) is 6.97. The Morgan fingerprint density at radius 2 is 2.06 bits per heavy atom. The van der Waals surface area contributed by atoms with Gasteiger partial charge in [0.1, 0.15) is 0 Å². The Bertz CT molecular complexity index is 474. The van der Waals surface area contributed by atoms with Gasteiger partial charge in [-0.05, 0) is 44.0 Å². The summed E-state index contributed by atoms with van der Waals surface area (Å²) in [6.45, 7) is 2.47. The molecule has 0 atom stereocenters. The molecular weight excluding hydrogens is 304 g/mol. The molecule has 1 aromatic rings. The molecule has 1 aromatic carbocycles. The Labute approximate surface area is 111 Å². The zero-order chi connectivity index (χ0) is 12.9. The summed E-state index contributed by atoms with van der Waals surface area (Å²) in [6, 6.07) is 5.37. The fourth-order valence-electron chi connectivity index (χ4n) is 1.32. The lowest BCUT2D eigenvalue weighted by atomic mass is 10.2. The summed E-state index contributed by atoms with van der Waals surface area (Å²) in [4.78, 5) is 0. The molecule has 0 aliphatic heterocycles. The molecule has 0 aliphatic rings. The zero-order valence-electron chi connectivity index (χ0n) is 9.74. The lowest BCUT2D eigenvalue weighted by Gasteiger charge is -2.08. The first-order chi connectivity index (χ1) is 7.94. The van der Waals surface area contributed by atoms with E-state index in [9.17, 15) is 8.42 Å². The van der Waals surface area contributed by atoms with Gasteiger partial charge in [-0.25, -0.2) is 8.42 Å². The van der Waals surface area contributed by atoms with Gasteiger partial charge in [0.15, 0.2) is 0 Å². The van der Waals surface area contributed by atoms with E-state index in [1.54, 1.807) is 12.1 Å². The van der Waals surface area contributed by atoms with E-state index in [4.69, 9.17) is 5.73 Å². The van der Waals surface area contributed by atoms with Crippen LogP contribution in [0.15, 0.2) is 22.7 Å². The highest BCUT2D eigenvalue weighted by Crippen LogP contribution is 2.21. The van der Waals surface area contributed by atoms with Crippen molar-refractivity contribution in [2.24, 2.45) is 5.73 Å². The lowest BCUT2D eigenvalue weighted by molar-refractivity contribution is 0.597. The summed E-state index contributed by atoms with van der Waals surface area (Å²) in [5, 5.41) is 0. The molecule has 0 bridgehead atoms. The number of nitrogens with one attached hydrogen (secondary N) is 1. The van der Waals surface area contributed by atoms with Crippen LogP contribution in [0, 0.1) is 6.92 Å². The summed E-state index contributed by atoms with van der Waals surface area (Å²) in [7, 11) is -3.26. The van der Waals surface area contributed by atoms with Gasteiger partial charge in [0.25, 0.3) is 0 Å². The second kappa shape index (κ2) is 6.37. The molecule has 0 fully saturated rings. The van der Waals surface area contributed by atoms with Gasteiger partial charge in [-0.15, -0.1) is 0 Å². The van der Waals surface area contributed by atoms with Crippen LogP contribution >= 0.6 is 15.9 Å². The second-order valence-corrected chi connectivity index (χ2v) is 6.58. The van der Waals surface area contributed by atoms with E-state index in [-0.39, 0.29) is 5.75 Å². The van der Waals surface area contributed by atoms with Crippen molar-refractivity contribution in [2.75, 3.05) is 17.0 Å². The normalized spacial score (nSPS) is 11.5. The van der Waals surface area contributed by atoms with Crippen molar-refractivity contribution in [1.29, 1.82) is 0 Å². The average molecular weight is 321 g/mol. The molecule has 0 radical (unpaired) electrons. The first kappa shape index (κ1) is 14.5. The van der Waals surface area contributed by atoms with Crippen molar-refractivity contribution >= 4 is 31.6 Å². The highest BCUT2D eigenvalue weighted by atomic mass is 79.9. The van der Waals surface area contributed by atoms with Crippen LogP contribution in [0.3, 0.4) is 0 Å². The lowest BCUT2D eigenvalue weighted by Crippen LogP contribution is -2.17. The van der Waals surface area contributed by atoms with Crippen molar-refractivity contribution in [3.8, 4) is 0 Å². The summed E-state index contributed by atoms with van der Waals surface area (Å²) in [6.07, 6.45) is 1.30. The first-order valence-corrected chi connectivity index (χ1v) is 7.86. The Morgan fingerprint density at radius 3 is 2.65 bits per heavy atom. The highest BCUT2D eigenvalue weighted by Gasteiger charge is 2.10. The maximum Gasteiger partial charge on any atom is 0.232 e. The third-order valence-electron chi connectivity index (χ3n) is 2.31. The Kier molecular flexibility index (Phi) is 5.42. The molecule has 6 heteroatoms. The molecule has 0 saturated carbocycles. The Hall–Kier alpha value is -0.590. The van der Waals surface area contributed by atoms with Crippen LogP contribution in [-0.2, 0) is 10.0 Å². The minimum absolute atomic E-state index is 0.107. The van der Waals surface area contributed by atoms with Crippen LogP contribution in [0.25, 0.3) is 0 Å². The van der Waals surface area contributed by atoms with Gasteiger partial charge in [0.2, 0.25) is 10.0 Å². The largest absolute Gasteiger partial charge is 0.330 e. The molecule has 0 heterocycles. The maximum atomic E-state index is 11.7. The second-order valence-electron chi connectivity index (χ2n) is 3.88. The quantitative estimate of drug-likeness (QED) is 0.789. The molecule has 3 N–H and O–H groups in total. The molecule has 1 rings (SSSR count). The third kappa shape index (κ3) is 5.06. The van der Waals surface area contributed by atoms with Crippen molar-refractivity contribution in [3.63, 3.8) is 0 Å². The van der Waals surface area contributed by atoms with E-state index < -0.39 is 10.0 Å². The van der Waals surface area contributed by atoms with Crippen LogP contribution in [0.2, 0.25) is 0 Å². The van der Waals surface area contributed by atoms with Gasteiger partial charge in [0.05, 0.1) is 5.75 Å². The molecule has 96 valence electrons. The molecule has 0 spiro atoms. The maximum absolute atomic E-state index is 11.7. The van der Waals surface area contributed by atoms with Crippen molar-refractivity contribution in [2.45, 2.75) is 19.8 Å².